The standard InChI is InChI=1S/C44H48N6O9/c1-6-27-29-21-50-33(20-31-30(42(50)56)22-59-43(57)44(31,58)7-2)39(29)47-32-15-13-25-12-14-26(19-28(25)37(27)32)46-40(54)24(5)45-41(55)38(23(3)4)48-34(51)11-9-8-10-18-49-35(52)16-17-36(49)53/h12-17,19-20,23-24,38,58H,6-11,18,21-22H2,1-5H3,(H,45,55)(H,46,54)(H,48,51)/t24-,38-,44-/m0/s1. The molecular weight excluding hydrogens is 757 g/mol. The van der Waals surface area contributed by atoms with Gasteiger partial charge in [-0.25, -0.2) is 9.78 Å². The average Bonchev–Trinajstić information content (AvgIpc) is 3.74. The minimum Gasteiger partial charge on any atom is -0.458 e. The third-order valence-corrected chi connectivity index (χ3v) is 11.6. The molecule has 3 aliphatic rings. The van der Waals surface area contributed by atoms with Gasteiger partial charge >= 0.3 is 5.97 Å². The van der Waals surface area contributed by atoms with E-state index in [2.05, 4.69) is 16.0 Å². The number of carbonyl (C=O) groups is 6. The maximum absolute atomic E-state index is 13.8. The van der Waals surface area contributed by atoms with Crippen molar-refractivity contribution in [2.45, 2.75) is 104 Å². The van der Waals surface area contributed by atoms with E-state index in [9.17, 15) is 38.7 Å². The van der Waals surface area contributed by atoms with E-state index >= 15 is 0 Å². The summed E-state index contributed by atoms with van der Waals surface area (Å²) in [6, 6.07) is 9.26. The number of aromatic nitrogens is 2. The number of pyridine rings is 2. The number of hydrogen-bond acceptors (Lipinski definition) is 10. The van der Waals surface area contributed by atoms with Crippen LogP contribution in [0.4, 0.5) is 5.69 Å². The van der Waals surface area contributed by atoms with Gasteiger partial charge in [0, 0.05) is 47.3 Å². The number of esters is 1. The van der Waals surface area contributed by atoms with Crippen LogP contribution < -0.4 is 21.5 Å². The van der Waals surface area contributed by atoms with Gasteiger partial charge in [0.1, 0.15) is 18.7 Å². The highest BCUT2D eigenvalue weighted by molar-refractivity contribution is 6.13. The lowest BCUT2D eigenvalue weighted by molar-refractivity contribution is -0.172. The van der Waals surface area contributed by atoms with Gasteiger partial charge in [0.2, 0.25) is 17.7 Å². The van der Waals surface area contributed by atoms with Crippen molar-refractivity contribution in [1.82, 2.24) is 25.1 Å². The zero-order valence-corrected chi connectivity index (χ0v) is 33.8. The monoisotopic (exact) mass is 804 g/mol. The Bertz CT molecular complexity index is 2520. The lowest BCUT2D eigenvalue weighted by Gasteiger charge is -2.31. The zero-order chi connectivity index (χ0) is 42.3. The Morgan fingerprint density at radius 1 is 0.915 bits per heavy atom. The van der Waals surface area contributed by atoms with Crippen LogP contribution in [-0.4, -0.2) is 73.7 Å². The summed E-state index contributed by atoms with van der Waals surface area (Å²) in [7, 11) is 0. The van der Waals surface area contributed by atoms with Crippen LogP contribution in [0.5, 0.6) is 0 Å². The Morgan fingerprint density at radius 2 is 1.64 bits per heavy atom. The van der Waals surface area contributed by atoms with Crippen molar-refractivity contribution >= 4 is 62.9 Å². The van der Waals surface area contributed by atoms with Crippen molar-refractivity contribution in [2.75, 3.05) is 11.9 Å². The molecule has 7 rings (SSSR count). The molecule has 0 unspecified atom stereocenters. The summed E-state index contributed by atoms with van der Waals surface area (Å²) in [4.78, 5) is 95.7. The van der Waals surface area contributed by atoms with E-state index in [1.807, 2.05) is 31.2 Å². The van der Waals surface area contributed by atoms with Crippen molar-refractivity contribution in [3.05, 3.63) is 81.2 Å². The fraction of sp³-hybridized carbons (Fsp3) is 0.409. The second-order valence-corrected chi connectivity index (χ2v) is 15.8. The summed E-state index contributed by atoms with van der Waals surface area (Å²) in [5, 5.41) is 22.4. The third kappa shape index (κ3) is 7.50. The molecule has 5 amide bonds. The predicted molar refractivity (Wildman–Crippen MR) is 219 cm³/mol. The fourth-order valence-electron chi connectivity index (χ4n) is 8.24. The molecule has 0 aliphatic carbocycles. The summed E-state index contributed by atoms with van der Waals surface area (Å²) in [5.74, 6) is -2.98. The number of anilines is 1. The summed E-state index contributed by atoms with van der Waals surface area (Å²) >= 11 is 0. The number of benzene rings is 2. The SMILES string of the molecule is CCc1c2c(nc3ccc4ccc(NC(=O)[C@H](C)NC(=O)[C@@H](NC(=O)CCCCCN5C(=O)C=CC5=O)C(C)C)cc4c13)-c1cc3c(c(=O)n1C2)COC(=O)[C@]3(O)CC. The number of hydrogen-bond donors (Lipinski definition) is 4. The van der Waals surface area contributed by atoms with Crippen LogP contribution in [0.2, 0.25) is 0 Å². The first-order valence-electron chi connectivity index (χ1n) is 20.2. The number of carbonyl (C=O) groups excluding carboxylic acids is 6. The topological polar surface area (TPSA) is 206 Å². The molecule has 2 aromatic carbocycles. The van der Waals surface area contributed by atoms with E-state index in [4.69, 9.17) is 9.72 Å². The molecular formula is C44H48N6O9. The van der Waals surface area contributed by atoms with Gasteiger partial charge < -0.3 is 30.4 Å². The zero-order valence-electron chi connectivity index (χ0n) is 33.8. The van der Waals surface area contributed by atoms with Crippen molar-refractivity contribution in [3.8, 4) is 11.4 Å². The molecule has 3 aliphatic heterocycles. The molecule has 0 spiro atoms. The van der Waals surface area contributed by atoms with E-state index in [1.165, 1.54) is 12.2 Å². The van der Waals surface area contributed by atoms with Crippen LogP contribution in [0.15, 0.2) is 53.3 Å². The van der Waals surface area contributed by atoms with E-state index in [1.54, 1.807) is 44.4 Å². The number of nitrogens with one attached hydrogen (secondary N) is 3. The number of amides is 5. The number of unbranched alkanes of at least 4 members (excludes halogenated alkanes) is 2. The number of rotatable bonds is 14. The Kier molecular flexibility index (Phi) is 11.2. The first kappa shape index (κ1) is 41.0. The van der Waals surface area contributed by atoms with Crippen LogP contribution in [0.25, 0.3) is 33.1 Å². The Morgan fingerprint density at radius 3 is 2.34 bits per heavy atom. The van der Waals surface area contributed by atoms with Gasteiger partial charge in [-0.2, -0.15) is 0 Å². The van der Waals surface area contributed by atoms with Gasteiger partial charge in [-0.1, -0.05) is 46.2 Å². The molecule has 3 atom stereocenters. The van der Waals surface area contributed by atoms with Crippen LogP contribution in [0, 0.1) is 5.92 Å². The molecule has 0 saturated heterocycles. The first-order chi connectivity index (χ1) is 28.2. The number of nitrogens with zero attached hydrogens (tertiary/aromatic N) is 3. The molecule has 4 N–H and O–H groups in total. The van der Waals surface area contributed by atoms with E-state index in [0.29, 0.717) is 48.3 Å². The van der Waals surface area contributed by atoms with Crippen LogP contribution in [-0.2, 0) is 58.7 Å². The quantitative estimate of drug-likeness (QED) is 0.0552. The molecule has 2 aromatic heterocycles. The van der Waals surface area contributed by atoms with Gasteiger partial charge in [0.05, 0.1) is 29.0 Å². The largest absolute Gasteiger partial charge is 0.458 e. The fourth-order valence-corrected chi connectivity index (χ4v) is 8.24. The minimum atomic E-state index is -1.93. The normalized spacial score (nSPS) is 17.8. The van der Waals surface area contributed by atoms with Crippen molar-refractivity contribution in [1.29, 1.82) is 0 Å². The van der Waals surface area contributed by atoms with Gasteiger partial charge in [0.25, 0.3) is 17.4 Å². The summed E-state index contributed by atoms with van der Waals surface area (Å²) < 4.78 is 6.84. The third-order valence-electron chi connectivity index (χ3n) is 11.6. The van der Waals surface area contributed by atoms with Crippen LogP contribution >= 0.6 is 0 Å². The Balaban J connectivity index is 1.05. The maximum atomic E-state index is 13.8. The number of ether oxygens (including phenoxy) is 1. The first-order valence-corrected chi connectivity index (χ1v) is 20.2. The number of cyclic esters (lactones) is 1. The maximum Gasteiger partial charge on any atom is 0.343 e. The summed E-state index contributed by atoms with van der Waals surface area (Å²) in [6.07, 6.45) is 4.98. The predicted octanol–water partition coefficient (Wildman–Crippen LogP) is 3.86. The molecule has 5 heterocycles. The molecule has 308 valence electrons. The lowest BCUT2D eigenvalue weighted by Crippen LogP contribution is -2.53. The van der Waals surface area contributed by atoms with Crippen LogP contribution in [0.3, 0.4) is 0 Å². The van der Waals surface area contributed by atoms with Crippen molar-refractivity contribution in [2.24, 2.45) is 5.92 Å². The summed E-state index contributed by atoms with van der Waals surface area (Å²) in [5.41, 5.74) is 2.40. The molecule has 4 aromatic rings. The van der Waals surface area contributed by atoms with Crippen molar-refractivity contribution < 1.29 is 38.6 Å². The highest BCUT2D eigenvalue weighted by atomic mass is 16.6. The van der Waals surface area contributed by atoms with Gasteiger partial charge in [-0.05, 0) is 79.1 Å². The Hall–Kier alpha value is -6.22. The number of aryl methyl sites for hydroxylation is 1. The molecule has 15 nitrogen and oxygen atoms in total. The number of fused-ring (bicyclic) bond motifs is 7. The minimum absolute atomic E-state index is 0.0456. The van der Waals surface area contributed by atoms with Gasteiger partial charge in [0.15, 0.2) is 5.60 Å². The number of imide groups is 1. The average molecular weight is 805 g/mol. The Labute approximate surface area is 340 Å². The van der Waals surface area contributed by atoms with E-state index in [0.717, 1.165) is 32.2 Å². The molecule has 0 saturated carbocycles. The highest BCUT2D eigenvalue weighted by Gasteiger charge is 2.45. The smallest absolute Gasteiger partial charge is 0.343 e. The molecule has 0 bridgehead atoms. The van der Waals surface area contributed by atoms with Gasteiger partial charge in [-0.3, -0.25) is 33.7 Å². The van der Waals surface area contributed by atoms with Crippen molar-refractivity contribution in [3.63, 3.8) is 0 Å². The van der Waals surface area contributed by atoms with Crippen LogP contribution in [0.1, 0.15) is 89.0 Å². The highest BCUT2D eigenvalue weighted by Crippen LogP contribution is 2.42. The number of aliphatic hydroxyl groups is 1. The van der Waals surface area contributed by atoms with E-state index < -0.39 is 35.5 Å². The second-order valence-electron chi connectivity index (χ2n) is 15.8. The summed E-state index contributed by atoms with van der Waals surface area (Å²) in [6.45, 7) is 9.19. The van der Waals surface area contributed by atoms with E-state index in [-0.39, 0.29) is 72.9 Å². The molecule has 0 fully saturated rings. The molecule has 0 radical (unpaired) electrons. The molecule has 15 heteroatoms. The second kappa shape index (κ2) is 16.2. The lowest BCUT2D eigenvalue weighted by atomic mass is 9.86. The van der Waals surface area contributed by atoms with Gasteiger partial charge in [-0.15, -0.1) is 0 Å². The molecule has 59 heavy (non-hydrogen) atoms.